The molecule has 1 N–H and O–H groups in total. The van der Waals surface area contributed by atoms with Crippen LogP contribution in [-0.4, -0.2) is 5.91 Å². The number of hydrogen-bond acceptors (Lipinski definition) is 1. The van der Waals surface area contributed by atoms with Gasteiger partial charge in [0, 0.05) is 3.57 Å². The molecule has 72 valence electrons. The van der Waals surface area contributed by atoms with E-state index in [0.29, 0.717) is 9.26 Å². The highest BCUT2D eigenvalue weighted by molar-refractivity contribution is 14.1. The molecule has 4 heteroatoms. The first-order valence-corrected chi connectivity index (χ1v) is 4.89. The summed E-state index contributed by atoms with van der Waals surface area (Å²) < 4.78 is 13.3. The van der Waals surface area contributed by atoms with E-state index in [0.717, 1.165) is 0 Å². The highest BCUT2D eigenvalue weighted by Crippen LogP contribution is 2.18. The largest absolute Gasteiger partial charge is 0.324 e. The molecule has 1 aromatic rings. The van der Waals surface area contributed by atoms with Gasteiger partial charge in [-0.3, -0.25) is 4.79 Å². The van der Waals surface area contributed by atoms with E-state index in [-0.39, 0.29) is 18.1 Å². The Balaban J connectivity index is 2.78. The van der Waals surface area contributed by atoms with Crippen molar-refractivity contribution in [2.45, 2.75) is 6.42 Å². The molecule has 0 heterocycles. The molecule has 0 aliphatic heterocycles. The Hall–Kier alpha value is -1.09. The van der Waals surface area contributed by atoms with Gasteiger partial charge in [0.2, 0.25) is 5.91 Å². The molecule has 0 aliphatic rings. The fourth-order valence-electron chi connectivity index (χ4n) is 0.878. The number of benzene rings is 1. The van der Waals surface area contributed by atoms with Crippen LogP contribution in [0.15, 0.2) is 18.2 Å². The van der Waals surface area contributed by atoms with Gasteiger partial charge in [0.25, 0.3) is 0 Å². The Morgan fingerprint density at radius 1 is 1.64 bits per heavy atom. The average molecular weight is 303 g/mol. The van der Waals surface area contributed by atoms with E-state index in [1.807, 2.05) is 22.6 Å². The quantitative estimate of drug-likeness (QED) is 0.660. The average Bonchev–Trinajstić information content (AvgIpc) is 2.10. The zero-order valence-corrected chi connectivity index (χ0v) is 9.34. The van der Waals surface area contributed by atoms with Gasteiger partial charge in [-0.15, -0.1) is 6.42 Å². The van der Waals surface area contributed by atoms with Crippen LogP contribution >= 0.6 is 22.6 Å². The molecule has 2 nitrogen and oxygen atoms in total. The summed E-state index contributed by atoms with van der Waals surface area (Å²) in [6.07, 6.45) is 4.99. The van der Waals surface area contributed by atoms with Gasteiger partial charge in [-0.2, -0.15) is 0 Å². The van der Waals surface area contributed by atoms with E-state index in [4.69, 9.17) is 6.42 Å². The van der Waals surface area contributed by atoms with Gasteiger partial charge in [0.15, 0.2) is 0 Å². The molecule has 1 rings (SSSR count). The number of carbonyl (C=O) groups is 1. The Bertz CT molecular complexity index is 398. The maximum Gasteiger partial charge on any atom is 0.236 e. The van der Waals surface area contributed by atoms with E-state index in [1.54, 1.807) is 0 Å². The minimum Gasteiger partial charge on any atom is -0.324 e. The second kappa shape index (κ2) is 4.96. The first-order valence-electron chi connectivity index (χ1n) is 3.82. The molecule has 0 atom stereocenters. The summed E-state index contributed by atoms with van der Waals surface area (Å²) in [5.74, 6) is 1.63. The van der Waals surface area contributed by atoms with Crippen LogP contribution < -0.4 is 5.32 Å². The fourth-order valence-corrected chi connectivity index (χ4v) is 1.49. The number of anilines is 1. The number of amides is 1. The number of carbonyl (C=O) groups excluding carboxylic acids is 1. The van der Waals surface area contributed by atoms with Crippen molar-refractivity contribution in [2.24, 2.45) is 0 Å². The molecule has 0 spiro atoms. The first kappa shape index (κ1) is 11.0. The molecule has 0 unspecified atom stereocenters. The molecule has 0 saturated carbocycles. The highest BCUT2D eigenvalue weighted by atomic mass is 127. The van der Waals surface area contributed by atoms with E-state index in [9.17, 15) is 9.18 Å². The molecular formula is C10H7FINO. The van der Waals surface area contributed by atoms with Gasteiger partial charge in [-0.05, 0) is 40.8 Å². The van der Waals surface area contributed by atoms with Crippen molar-refractivity contribution in [3.63, 3.8) is 0 Å². The van der Waals surface area contributed by atoms with Crippen LogP contribution in [0.3, 0.4) is 0 Å². The van der Waals surface area contributed by atoms with Crippen molar-refractivity contribution in [3.8, 4) is 12.3 Å². The van der Waals surface area contributed by atoms with Gasteiger partial charge in [0.1, 0.15) is 5.82 Å². The third-order valence-electron chi connectivity index (χ3n) is 1.47. The number of nitrogens with one attached hydrogen (secondary N) is 1. The molecular weight excluding hydrogens is 296 g/mol. The number of terminal acetylenes is 1. The normalized spacial score (nSPS) is 9.21. The van der Waals surface area contributed by atoms with Gasteiger partial charge >= 0.3 is 0 Å². The lowest BCUT2D eigenvalue weighted by Gasteiger charge is -2.05. The van der Waals surface area contributed by atoms with Crippen molar-refractivity contribution in [3.05, 3.63) is 27.6 Å². The Morgan fingerprint density at radius 2 is 2.36 bits per heavy atom. The summed E-state index contributed by atoms with van der Waals surface area (Å²) in [5, 5.41) is 2.58. The number of hydrogen-bond donors (Lipinski definition) is 1. The third kappa shape index (κ3) is 3.00. The molecule has 1 amide bonds. The van der Waals surface area contributed by atoms with Crippen LogP contribution in [0.1, 0.15) is 6.42 Å². The van der Waals surface area contributed by atoms with Crippen molar-refractivity contribution in [1.82, 2.24) is 0 Å². The standard InChI is InChI=1S/C10H7FINO/c1-2-3-10(14)13-9-5-4-7(11)6-8(9)12/h1,4-6H,3H2,(H,13,14). The summed E-state index contributed by atoms with van der Waals surface area (Å²) in [6.45, 7) is 0. The van der Waals surface area contributed by atoms with Crippen molar-refractivity contribution in [1.29, 1.82) is 0 Å². The topological polar surface area (TPSA) is 29.1 Å². The van der Waals surface area contributed by atoms with Gasteiger partial charge in [0.05, 0.1) is 12.1 Å². The molecule has 0 radical (unpaired) electrons. The zero-order chi connectivity index (χ0) is 10.6. The minimum absolute atomic E-state index is 0.0213. The van der Waals surface area contributed by atoms with E-state index >= 15 is 0 Å². The molecule has 0 bridgehead atoms. The van der Waals surface area contributed by atoms with Gasteiger partial charge in [-0.1, -0.05) is 5.92 Å². The predicted octanol–water partition coefficient (Wildman–Crippen LogP) is 2.39. The second-order valence-corrected chi connectivity index (χ2v) is 3.72. The Labute approximate surface area is 95.0 Å². The third-order valence-corrected chi connectivity index (χ3v) is 2.36. The Kier molecular flexibility index (Phi) is 3.89. The molecule has 1 aromatic carbocycles. The molecule has 14 heavy (non-hydrogen) atoms. The second-order valence-electron chi connectivity index (χ2n) is 2.55. The minimum atomic E-state index is -0.329. The van der Waals surface area contributed by atoms with Crippen LogP contribution in [0.5, 0.6) is 0 Å². The van der Waals surface area contributed by atoms with E-state index < -0.39 is 0 Å². The van der Waals surface area contributed by atoms with Crippen LogP contribution in [0, 0.1) is 21.7 Å². The van der Waals surface area contributed by atoms with E-state index in [2.05, 4.69) is 11.2 Å². The number of rotatable bonds is 2. The lowest BCUT2D eigenvalue weighted by molar-refractivity contribution is -0.115. The maximum atomic E-state index is 12.7. The van der Waals surface area contributed by atoms with Gasteiger partial charge < -0.3 is 5.32 Å². The van der Waals surface area contributed by atoms with Crippen molar-refractivity contribution >= 4 is 34.2 Å². The lowest BCUT2D eigenvalue weighted by atomic mass is 10.3. The first-order chi connectivity index (χ1) is 6.63. The van der Waals surface area contributed by atoms with Gasteiger partial charge in [-0.25, -0.2) is 4.39 Å². The van der Waals surface area contributed by atoms with Crippen LogP contribution in [0.4, 0.5) is 10.1 Å². The summed E-state index contributed by atoms with van der Waals surface area (Å²) >= 11 is 1.94. The molecule has 0 aromatic heterocycles. The zero-order valence-electron chi connectivity index (χ0n) is 7.18. The highest BCUT2D eigenvalue weighted by Gasteiger charge is 2.04. The summed E-state index contributed by atoms with van der Waals surface area (Å²) in [7, 11) is 0. The van der Waals surface area contributed by atoms with Crippen LogP contribution in [0.2, 0.25) is 0 Å². The van der Waals surface area contributed by atoms with E-state index in [1.165, 1.54) is 18.2 Å². The molecule has 0 saturated heterocycles. The van der Waals surface area contributed by atoms with Crippen LogP contribution in [-0.2, 0) is 4.79 Å². The van der Waals surface area contributed by atoms with Crippen molar-refractivity contribution in [2.75, 3.05) is 5.32 Å². The van der Waals surface area contributed by atoms with Crippen molar-refractivity contribution < 1.29 is 9.18 Å². The summed E-state index contributed by atoms with van der Waals surface area (Å²) in [6, 6.07) is 4.13. The maximum absolute atomic E-state index is 12.7. The number of halogens is 2. The summed E-state index contributed by atoms with van der Waals surface area (Å²) in [4.78, 5) is 11.1. The van der Waals surface area contributed by atoms with Crippen LogP contribution in [0.25, 0.3) is 0 Å². The predicted molar refractivity (Wildman–Crippen MR) is 61.2 cm³/mol. The SMILES string of the molecule is C#CCC(=O)Nc1ccc(F)cc1I. The Morgan fingerprint density at radius 3 is 2.93 bits per heavy atom. The smallest absolute Gasteiger partial charge is 0.236 e. The monoisotopic (exact) mass is 303 g/mol. The molecule has 0 aliphatic carbocycles. The fraction of sp³-hybridized carbons (Fsp3) is 0.100. The summed E-state index contributed by atoms with van der Waals surface area (Å²) in [5.41, 5.74) is 0.576. The lowest BCUT2D eigenvalue weighted by Crippen LogP contribution is -2.11. The molecule has 0 fully saturated rings.